The molecule has 6 nitrogen and oxygen atoms in total. The van der Waals surface area contributed by atoms with Gasteiger partial charge >= 0.3 is 0 Å². The lowest BCUT2D eigenvalue weighted by Gasteiger charge is -2.26. The van der Waals surface area contributed by atoms with Crippen LogP contribution in [-0.4, -0.2) is 39.1 Å². The fraction of sp³-hybridized carbons (Fsp3) is 0.346. The largest absolute Gasteiger partial charge is 0.327 e. The summed E-state index contributed by atoms with van der Waals surface area (Å²) in [5.41, 5.74) is 2.98. The Hall–Kier alpha value is -2.83. The predicted molar refractivity (Wildman–Crippen MR) is 138 cm³/mol. The summed E-state index contributed by atoms with van der Waals surface area (Å²) in [6.45, 7) is 11.8. The van der Waals surface area contributed by atoms with Gasteiger partial charge in [0.25, 0.3) is 5.91 Å². The van der Waals surface area contributed by atoms with Crippen LogP contribution >= 0.6 is 23.2 Å². The molecule has 1 heterocycles. The van der Waals surface area contributed by atoms with Gasteiger partial charge in [0.15, 0.2) is 0 Å². The maximum absolute atomic E-state index is 13.1. The van der Waals surface area contributed by atoms with Crippen LogP contribution in [0.4, 0.5) is 5.82 Å². The molecule has 180 valence electrons. The van der Waals surface area contributed by atoms with Crippen LogP contribution in [0.25, 0.3) is 5.69 Å². The van der Waals surface area contributed by atoms with Crippen molar-refractivity contribution in [2.45, 2.75) is 53.0 Å². The smallest absolute Gasteiger partial charge is 0.254 e. The lowest BCUT2D eigenvalue weighted by atomic mass is 9.92. The van der Waals surface area contributed by atoms with Gasteiger partial charge in [0, 0.05) is 23.1 Å². The number of carbonyl (C=O) groups is 2. The summed E-state index contributed by atoms with van der Waals surface area (Å²) < 4.78 is 1.72. The third kappa shape index (κ3) is 5.99. The number of nitrogens with one attached hydrogen (secondary N) is 1. The Bertz CT molecular complexity index is 1190. The molecule has 0 bridgehead atoms. The molecule has 0 aliphatic heterocycles. The van der Waals surface area contributed by atoms with Gasteiger partial charge in [0.1, 0.15) is 12.4 Å². The Morgan fingerprint density at radius 3 is 2.24 bits per heavy atom. The minimum Gasteiger partial charge on any atom is -0.327 e. The van der Waals surface area contributed by atoms with E-state index < -0.39 is 0 Å². The van der Waals surface area contributed by atoms with Crippen molar-refractivity contribution in [1.82, 2.24) is 14.7 Å². The molecule has 2 amide bonds. The minimum absolute atomic E-state index is 0.124. The van der Waals surface area contributed by atoms with Crippen molar-refractivity contribution in [3.63, 3.8) is 0 Å². The van der Waals surface area contributed by atoms with Crippen LogP contribution in [0, 0.1) is 6.92 Å². The van der Waals surface area contributed by atoms with Crippen molar-refractivity contribution in [3.05, 3.63) is 75.4 Å². The van der Waals surface area contributed by atoms with Gasteiger partial charge in [-0.1, -0.05) is 61.7 Å². The monoisotopic (exact) mass is 500 g/mol. The predicted octanol–water partition coefficient (Wildman–Crippen LogP) is 6.27. The van der Waals surface area contributed by atoms with Crippen molar-refractivity contribution >= 4 is 40.8 Å². The SMILES string of the molecule is Cc1ccc(-n2nc(C(C)(C)C)cc2NC(=O)CN(C(=O)c2ccc(Cl)c(Cl)c2)C(C)C)cc1. The minimum atomic E-state index is -0.323. The van der Waals surface area contributed by atoms with Crippen LogP contribution in [0.5, 0.6) is 0 Å². The van der Waals surface area contributed by atoms with Gasteiger partial charge in [-0.25, -0.2) is 4.68 Å². The second-order valence-corrected chi connectivity index (χ2v) is 10.4. The zero-order chi connectivity index (χ0) is 25.2. The van der Waals surface area contributed by atoms with E-state index in [1.807, 2.05) is 51.1 Å². The van der Waals surface area contributed by atoms with Crippen LogP contribution in [-0.2, 0) is 10.2 Å². The number of hydrogen-bond acceptors (Lipinski definition) is 3. The number of amides is 2. The molecule has 8 heteroatoms. The number of carbonyl (C=O) groups excluding carboxylic acids is 2. The van der Waals surface area contributed by atoms with E-state index in [9.17, 15) is 9.59 Å². The first kappa shape index (κ1) is 25.8. The van der Waals surface area contributed by atoms with Crippen molar-refractivity contribution in [3.8, 4) is 5.69 Å². The molecule has 0 fully saturated rings. The molecule has 0 atom stereocenters. The van der Waals surface area contributed by atoms with Crippen LogP contribution in [0.1, 0.15) is 56.2 Å². The molecule has 3 rings (SSSR count). The Labute approximate surface area is 210 Å². The fourth-order valence-electron chi connectivity index (χ4n) is 3.34. The molecule has 34 heavy (non-hydrogen) atoms. The Morgan fingerprint density at radius 2 is 1.68 bits per heavy atom. The zero-order valence-corrected chi connectivity index (χ0v) is 21.8. The number of halogens is 2. The van der Waals surface area contributed by atoms with E-state index in [0.29, 0.717) is 16.4 Å². The van der Waals surface area contributed by atoms with Crippen molar-refractivity contribution in [2.24, 2.45) is 0 Å². The Balaban J connectivity index is 1.87. The highest BCUT2D eigenvalue weighted by atomic mass is 35.5. The number of rotatable bonds is 6. The Kier molecular flexibility index (Phi) is 7.74. The third-order valence-electron chi connectivity index (χ3n) is 5.39. The average molecular weight is 501 g/mol. The molecular formula is C26H30Cl2N4O2. The first-order valence-electron chi connectivity index (χ1n) is 11.1. The van der Waals surface area contributed by atoms with Gasteiger partial charge < -0.3 is 10.2 Å². The molecule has 2 aromatic carbocycles. The van der Waals surface area contributed by atoms with E-state index in [1.54, 1.807) is 16.8 Å². The number of hydrogen-bond donors (Lipinski definition) is 1. The van der Waals surface area contributed by atoms with E-state index in [1.165, 1.54) is 11.0 Å². The number of nitrogens with zero attached hydrogens (tertiary/aromatic N) is 3. The first-order chi connectivity index (χ1) is 15.9. The van der Waals surface area contributed by atoms with Gasteiger partial charge in [-0.15, -0.1) is 0 Å². The number of aromatic nitrogens is 2. The summed E-state index contributed by atoms with van der Waals surface area (Å²) in [7, 11) is 0. The number of benzene rings is 2. The van der Waals surface area contributed by atoms with Crippen LogP contribution in [0.3, 0.4) is 0 Å². The summed E-state index contributed by atoms with van der Waals surface area (Å²) in [4.78, 5) is 27.7. The molecule has 0 saturated heterocycles. The standard InChI is InChI=1S/C26H30Cl2N4O2/c1-16(2)31(25(34)18-9-12-20(27)21(28)13-18)15-24(33)29-23-14-22(26(4,5)6)30-32(23)19-10-7-17(3)8-11-19/h7-14,16H,15H2,1-6H3,(H,29,33). The van der Waals surface area contributed by atoms with Gasteiger partial charge in [-0.2, -0.15) is 5.10 Å². The van der Waals surface area contributed by atoms with Gasteiger partial charge in [0.2, 0.25) is 5.91 Å². The fourth-order valence-corrected chi connectivity index (χ4v) is 3.64. The molecule has 1 aromatic heterocycles. The van der Waals surface area contributed by atoms with Gasteiger partial charge in [0.05, 0.1) is 21.4 Å². The van der Waals surface area contributed by atoms with Crippen molar-refractivity contribution in [1.29, 1.82) is 0 Å². The lowest BCUT2D eigenvalue weighted by Crippen LogP contribution is -2.42. The van der Waals surface area contributed by atoms with Gasteiger partial charge in [-0.05, 0) is 51.1 Å². The highest BCUT2D eigenvalue weighted by Gasteiger charge is 2.25. The topological polar surface area (TPSA) is 67.2 Å². The zero-order valence-electron chi connectivity index (χ0n) is 20.3. The van der Waals surface area contributed by atoms with Crippen LogP contribution in [0.2, 0.25) is 10.0 Å². The first-order valence-corrected chi connectivity index (χ1v) is 11.9. The highest BCUT2D eigenvalue weighted by molar-refractivity contribution is 6.42. The normalized spacial score (nSPS) is 11.6. The quantitative estimate of drug-likeness (QED) is 0.433. The highest BCUT2D eigenvalue weighted by Crippen LogP contribution is 2.27. The van der Waals surface area contributed by atoms with Crippen LogP contribution in [0.15, 0.2) is 48.5 Å². The van der Waals surface area contributed by atoms with E-state index in [2.05, 4.69) is 26.1 Å². The molecular weight excluding hydrogens is 471 g/mol. The summed E-state index contributed by atoms with van der Waals surface area (Å²) in [5, 5.41) is 8.35. The van der Waals surface area contributed by atoms with E-state index in [0.717, 1.165) is 16.9 Å². The maximum Gasteiger partial charge on any atom is 0.254 e. The summed E-state index contributed by atoms with van der Waals surface area (Å²) in [5.74, 6) is -0.0774. The molecule has 0 spiro atoms. The third-order valence-corrected chi connectivity index (χ3v) is 6.13. The summed E-state index contributed by atoms with van der Waals surface area (Å²) >= 11 is 12.1. The van der Waals surface area contributed by atoms with Crippen LogP contribution < -0.4 is 5.32 Å². The van der Waals surface area contributed by atoms with E-state index in [4.69, 9.17) is 28.3 Å². The average Bonchev–Trinajstić information content (AvgIpc) is 3.18. The maximum atomic E-state index is 13.1. The molecule has 0 aliphatic rings. The van der Waals surface area contributed by atoms with E-state index >= 15 is 0 Å². The lowest BCUT2D eigenvalue weighted by molar-refractivity contribution is -0.117. The molecule has 0 unspecified atom stereocenters. The second-order valence-electron chi connectivity index (χ2n) is 9.62. The number of aryl methyl sites for hydroxylation is 1. The second kappa shape index (κ2) is 10.2. The summed E-state index contributed by atoms with van der Waals surface area (Å²) in [6.07, 6.45) is 0. The Morgan fingerprint density at radius 1 is 1.03 bits per heavy atom. The van der Waals surface area contributed by atoms with Crippen molar-refractivity contribution in [2.75, 3.05) is 11.9 Å². The number of anilines is 1. The summed E-state index contributed by atoms with van der Waals surface area (Å²) in [6, 6.07) is 14.3. The van der Waals surface area contributed by atoms with Crippen molar-refractivity contribution < 1.29 is 9.59 Å². The van der Waals surface area contributed by atoms with E-state index in [-0.39, 0.29) is 34.8 Å². The van der Waals surface area contributed by atoms with Gasteiger partial charge in [-0.3, -0.25) is 9.59 Å². The molecule has 3 aromatic rings. The molecule has 0 saturated carbocycles. The molecule has 0 aliphatic carbocycles. The molecule has 0 radical (unpaired) electrons. The molecule has 1 N–H and O–H groups in total.